The minimum atomic E-state index is -2.72. The third-order valence-electron chi connectivity index (χ3n) is 9.94. The lowest BCUT2D eigenvalue weighted by molar-refractivity contribution is -0.153. The fourth-order valence-corrected chi connectivity index (χ4v) is 7.76. The molecule has 2 fully saturated rings. The molecule has 4 aliphatic rings. The summed E-state index contributed by atoms with van der Waals surface area (Å²) < 4.78 is 0. The van der Waals surface area contributed by atoms with Gasteiger partial charge in [0.05, 0.1) is 17.3 Å². The third-order valence-corrected chi connectivity index (χ3v) is 9.94. The lowest BCUT2D eigenvalue weighted by Gasteiger charge is -2.50. The molecule has 1 saturated carbocycles. The van der Waals surface area contributed by atoms with Gasteiger partial charge in [-0.2, -0.15) is 0 Å². The standard InChI is InChI=1S/C32H43N5O8/c1-6-9-37-10-7-15(8-11-37)31(44)34-19-14-20(35(2)3)17-12-16-13-18-24(36(4)5)27(40)23(30(33)43)29(42)32(18,45)28(41)21(16)26(39)22(17)25(19)38/h14-16,18,24,38-39,42,45H,6-13H2,1-5H3,(H2,33,43)(H,34,44)/t16-,18?,24-,32-/m0/s1. The quantitative estimate of drug-likeness (QED) is 0.187. The van der Waals surface area contributed by atoms with Gasteiger partial charge < -0.3 is 41.3 Å². The Balaban J connectivity index is 1.59. The van der Waals surface area contributed by atoms with E-state index in [0.29, 0.717) is 24.1 Å². The molecule has 45 heavy (non-hydrogen) atoms. The fourth-order valence-electron chi connectivity index (χ4n) is 7.76. The molecular weight excluding hydrogens is 582 g/mol. The Bertz CT molecular complexity index is 1520. The highest BCUT2D eigenvalue weighted by Crippen LogP contribution is 2.54. The molecule has 1 aliphatic heterocycles. The number of benzene rings is 1. The predicted molar refractivity (Wildman–Crippen MR) is 167 cm³/mol. The second-order valence-corrected chi connectivity index (χ2v) is 13.1. The summed E-state index contributed by atoms with van der Waals surface area (Å²) in [7, 11) is 6.66. The maximum atomic E-state index is 14.2. The van der Waals surface area contributed by atoms with Gasteiger partial charge in [-0.05, 0) is 83.4 Å². The van der Waals surface area contributed by atoms with Crippen LogP contribution in [-0.2, 0) is 25.6 Å². The Morgan fingerprint density at radius 1 is 1.11 bits per heavy atom. The molecule has 0 aromatic heterocycles. The van der Waals surface area contributed by atoms with Gasteiger partial charge in [0, 0.05) is 37.2 Å². The summed E-state index contributed by atoms with van der Waals surface area (Å²) in [5, 5.41) is 48.9. The number of ketones is 2. The summed E-state index contributed by atoms with van der Waals surface area (Å²) in [4.78, 5) is 58.5. The van der Waals surface area contributed by atoms with Gasteiger partial charge >= 0.3 is 0 Å². The van der Waals surface area contributed by atoms with E-state index in [2.05, 4.69) is 17.1 Å². The number of carbonyl (C=O) groups excluding carboxylic acids is 4. The van der Waals surface area contributed by atoms with Gasteiger partial charge in [0.15, 0.2) is 11.4 Å². The summed E-state index contributed by atoms with van der Waals surface area (Å²) in [5.41, 5.74) is 2.70. The van der Waals surface area contributed by atoms with E-state index in [1.54, 1.807) is 39.2 Å². The first-order valence-corrected chi connectivity index (χ1v) is 15.4. The van der Waals surface area contributed by atoms with Crippen molar-refractivity contribution in [2.24, 2.45) is 23.5 Å². The Kier molecular flexibility index (Phi) is 8.49. The molecule has 244 valence electrons. The molecule has 1 saturated heterocycles. The van der Waals surface area contributed by atoms with Gasteiger partial charge in [-0.1, -0.05) is 6.92 Å². The first kappa shape index (κ1) is 32.5. The molecule has 13 nitrogen and oxygen atoms in total. The minimum Gasteiger partial charge on any atom is -0.508 e. The molecule has 2 amide bonds. The van der Waals surface area contributed by atoms with E-state index >= 15 is 0 Å². The number of phenols is 1. The molecule has 3 aliphatic carbocycles. The number of likely N-dealkylation sites (N-methyl/N-ethyl adjacent to an activating group) is 1. The first-order valence-electron chi connectivity index (χ1n) is 15.4. The number of amides is 2. The third kappa shape index (κ3) is 5.06. The molecule has 7 N–H and O–H groups in total. The molecule has 1 aromatic rings. The molecule has 1 heterocycles. The number of carbonyl (C=O) groups is 4. The van der Waals surface area contributed by atoms with Gasteiger partial charge in [-0.15, -0.1) is 0 Å². The van der Waals surface area contributed by atoms with Crippen molar-refractivity contribution in [3.05, 3.63) is 34.1 Å². The average Bonchev–Trinajstić information content (AvgIpc) is 2.96. The molecule has 4 atom stereocenters. The molecule has 0 radical (unpaired) electrons. The van der Waals surface area contributed by atoms with Crippen molar-refractivity contribution in [1.29, 1.82) is 0 Å². The number of phenolic OH excluding ortho intramolecular Hbond substituents is 1. The van der Waals surface area contributed by atoms with Gasteiger partial charge in [-0.3, -0.25) is 24.1 Å². The van der Waals surface area contributed by atoms with Crippen LogP contribution in [0.25, 0.3) is 5.76 Å². The van der Waals surface area contributed by atoms with Crippen LogP contribution in [0.4, 0.5) is 11.4 Å². The van der Waals surface area contributed by atoms with Gasteiger partial charge in [0.25, 0.3) is 5.91 Å². The number of primary amides is 1. The minimum absolute atomic E-state index is 0.00535. The largest absolute Gasteiger partial charge is 0.508 e. The zero-order valence-electron chi connectivity index (χ0n) is 26.4. The highest BCUT2D eigenvalue weighted by Gasteiger charge is 2.64. The molecule has 0 spiro atoms. The van der Waals surface area contributed by atoms with E-state index in [1.165, 1.54) is 4.90 Å². The lowest BCUT2D eigenvalue weighted by Crippen LogP contribution is -2.65. The highest BCUT2D eigenvalue weighted by atomic mass is 16.3. The number of piperidine rings is 1. The Labute approximate surface area is 262 Å². The summed E-state index contributed by atoms with van der Waals surface area (Å²) in [6.45, 7) is 4.68. The van der Waals surface area contributed by atoms with Crippen LogP contribution in [0.2, 0.25) is 0 Å². The van der Waals surface area contributed by atoms with Gasteiger partial charge in [0.1, 0.15) is 22.8 Å². The van der Waals surface area contributed by atoms with E-state index in [0.717, 1.165) is 26.1 Å². The number of Topliss-reactive ketones (excluding diaryl/α,β-unsaturated/α-hetero) is 2. The van der Waals surface area contributed by atoms with Crippen LogP contribution in [0.1, 0.15) is 43.7 Å². The monoisotopic (exact) mass is 625 g/mol. The van der Waals surface area contributed by atoms with Gasteiger partial charge in [0.2, 0.25) is 11.7 Å². The number of rotatable bonds is 7. The van der Waals surface area contributed by atoms with E-state index < -0.39 is 63.8 Å². The number of anilines is 2. The Morgan fingerprint density at radius 3 is 2.31 bits per heavy atom. The number of nitrogens with one attached hydrogen (secondary N) is 1. The van der Waals surface area contributed by atoms with Crippen LogP contribution < -0.4 is 16.0 Å². The number of fused-ring (bicyclic) bond motifs is 3. The number of hydrogen-bond acceptors (Lipinski definition) is 11. The van der Waals surface area contributed by atoms with E-state index in [1.807, 2.05) is 0 Å². The van der Waals surface area contributed by atoms with Crippen LogP contribution in [0.15, 0.2) is 23.0 Å². The first-order chi connectivity index (χ1) is 21.1. The lowest BCUT2D eigenvalue weighted by atomic mass is 9.57. The van der Waals surface area contributed by atoms with Crippen molar-refractivity contribution in [1.82, 2.24) is 9.80 Å². The van der Waals surface area contributed by atoms with Crippen molar-refractivity contribution in [3.8, 4) is 5.75 Å². The number of aliphatic hydroxyl groups excluding tert-OH is 2. The Hall–Kier alpha value is -3.94. The zero-order valence-corrected chi connectivity index (χ0v) is 26.4. The fraction of sp³-hybridized carbons (Fsp3) is 0.562. The summed E-state index contributed by atoms with van der Waals surface area (Å²) in [5.74, 6) is -7.71. The molecular formula is C32H43N5O8. The van der Waals surface area contributed by atoms with Crippen LogP contribution in [0.5, 0.6) is 5.75 Å². The zero-order chi connectivity index (χ0) is 33.1. The molecule has 0 bridgehead atoms. The van der Waals surface area contributed by atoms with Crippen LogP contribution in [0.3, 0.4) is 0 Å². The van der Waals surface area contributed by atoms with Crippen molar-refractivity contribution in [2.75, 3.05) is 58.0 Å². The number of nitrogens with two attached hydrogens (primary N) is 1. The van der Waals surface area contributed by atoms with Crippen LogP contribution >= 0.6 is 0 Å². The highest BCUT2D eigenvalue weighted by molar-refractivity contribution is 6.24. The van der Waals surface area contributed by atoms with E-state index in [9.17, 15) is 39.6 Å². The van der Waals surface area contributed by atoms with Crippen molar-refractivity contribution >= 4 is 40.5 Å². The maximum absolute atomic E-state index is 14.2. The number of likely N-dealkylation sites (tertiary alicyclic amines) is 1. The number of aromatic hydroxyl groups is 1. The average molecular weight is 626 g/mol. The number of aliphatic hydroxyl groups is 3. The molecule has 1 aromatic carbocycles. The normalized spacial score (nSPS) is 27.3. The summed E-state index contributed by atoms with van der Waals surface area (Å²) in [6.07, 6.45) is 2.52. The smallest absolute Gasteiger partial charge is 0.255 e. The second-order valence-electron chi connectivity index (χ2n) is 13.1. The second kappa shape index (κ2) is 11.8. The summed E-state index contributed by atoms with van der Waals surface area (Å²) >= 11 is 0. The van der Waals surface area contributed by atoms with E-state index in [-0.39, 0.29) is 41.5 Å². The van der Waals surface area contributed by atoms with Crippen molar-refractivity contribution < 1.29 is 39.6 Å². The van der Waals surface area contributed by atoms with Crippen molar-refractivity contribution in [3.63, 3.8) is 0 Å². The number of nitrogens with zero attached hydrogens (tertiary/aromatic N) is 3. The molecule has 13 heteroatoms. The van der Waals surface area contributed by atoms with Crippen LogP contribution in [0, 0.1) is 17.8 Å². The molecule has 5 rings (SSSR count). The SMILES string of the molecule is CCCN1CCC(C(=O)Nc2cc(N(C)C)c3c(c2O)C(O)=C2C(=O)[C@]4(O)C(O)=C(C(N)=O)C(=O)[C@@H](N(C)C)C4C[C@@H]2C3)CC1. The topological polar surface area (TPSA) is 197 Å². The van der Waals surface area contributed by atoms with E-state index in [4.69, 9.17) is 5.73 Å². The van der Waals surface area contributed by atoms with Crippen molar-refractivity contribution in [2.45, 2.75) is 50.7 Å². The predicted octanol–water partition coefficient (Wildman–Crippen LogP) is 1.09. The van der Waals surface area contributed by atoms with Crippen LogP contribution in [-0.4, -0.2) is 113 Å². The number of hydrogen-bond donors (Lipinski definition) is 6. The molecule has 1 unspecified atom stereocenters. The maximum Gasteiger partial charge on any atom is 0.255 e. The van der Waals surface area contributed by atoms with Gasteiger partial charge in [-0.25, -0.2) is 0 Å². The summed E-state index contributed by atoms with van der Waals surface area (Å²) in [6, 6.07) is 0.480. The Morgan fingerprint density at radius 2 is 1.76 bits per heavy atom.